The van der Waals surface area contributed by atoms with Crippen LogP contribution in [0, 0.1) is 23.2 Å². The Morgan fingerprint density at radius 2 is 1.86 bits per heavy atom. The highest BCUT2D eigenvalue weighted by Gasteiger charge is 2.60. The highest BCUT2D eigenvalue weighted by atomic mass is 32.1. The molecular weight excluding hydrogens is 406 g/mol. The van der Waals surface area contributed by atoms with E-state index >= 15 is 0 Å². The molecule has 160 valence electrons. The molecule has 4 saturated carbocycles. The van der Waals surface area contributed by atoms with Crippen molar-refractivity contribution in [3.05, 3.63) is 24.3 Å². The van der Waals surface area contributed by atoms with Crippen LogP contribution in [-0.2, 0) is 28.3 Å². The molecule has 5 rings (SSSR count). The molecule has 0 aliphatic heterocycles. The molecular formula is C20H24F2O6S. The monoisotopic (exact) mass is 430 g/mol. The van der Waals surface area contributed by atoms with Gasteiger partial charge in [0, 0.05) is 18.3 Å². The minimum absolute atomic E-state index is 0.157. The molecule has 4 fully saturated rings. The van der Waals surface area contributed by atoms with Gasteiger partial charge in [-0.1, -0.05) is 24.3 Å². The topological polar surface area (TPSA) is 71.1 Å². The van der Waals surface area contributed by atoms with Gasteiger partial charge in [0.15, 0.2) is 0 Å². The van der Waals surface area contributed by atoms with E-state index in [4.69, 9.17) is 9.47 Å². The number of rotatable bonds is 7. The molecule has 0 amide bonds. The van der Waals surface area contributed by atoms with Crippen molar-refractivity contribution >= 4 is 24.8 Å². The zero-order chi connectivity index (χ0) is 20.7. The summed E-state index contributed by atoms with van der Waals surface area (Å²) in [7, 11) is 0. The van der Waals surface area contributed by atoms with Crippen LogP contribution in [0.4, 0.5) is 8.78 Å². The molecule has 6 nitrogen and oxygen atoms in total. The summed E-state index contributed by atoms with van der Waals surface area (Å²) < 4.78 is 41.6. The average molecular weight is 430 g/mol. The lowest BCUT2D eigenvalue weighted by atomic mass is 9.48. The molecule has 0 aromatic rings. The Labute approximate surface area is 173 Å². The van der Waals surface area contributed by atoms with Gasteiger partial charge in [0.25, 0.3) is 0 Å². The summed E-state index contributed by atoms with van der Waals surface area (Å²) in [4.78, 5) is 28.0. The third-order valence-electron chi connectivity index (χ3n) is 6.62. The lowest BCUT2D eigenvalue weighted by molar-refractivity contribution is -0.370. The summed E-state index contributed by atoms with van der Waals surface area (Å²) in [5.74, 6) is -1.68. The van der Waals surface area contributed by atoms with Crippen LogP contribution in [0.15, 0.2) is 24.3 Å². The van der Waals surface area contributed by atoms with Crippen LogP contribution in [0.25, 0.3) is 0 Å². The van der Waals surface area contributed by atoms with Gasteiger partial charge in [-0.15, -0.1) is 4.89 Å². The Morgan fingerprint density at radius 1 is 1.14 bits per heavy atom. The van der Waals surface area contributed by atoms with E-state index in [1.165, 1.54) is 0 Å². The van der Waals surface area contributed by atoms with Gasteiger partial charge in [-0.05, 0) is 56.8 Å². The summed E-state index contributed by atoms with van der Waals surface area (Å²) in [5.41, 5.74) is -1.06. The number of thiol groups is 1. The third kappa shape index (κ3) is 4.22. The molecule has 9 heteroatoms. The van der Waals surface area contributed by atoms with Crippen LogP contribution in [0.5, 0.6) is 0 Å². The van der Waals surface area contributed by atoms with E-state index in [1.54, 1.807) is 0 Å². The maximum Gasteiger partial charge on any atom is 0.483 e. The van der Waals surface area contributed by atoms with Crippen molar-refractivity contribution in [1.82, 2.24) is 0 Å². The first-order valence-electron chi connectivity index (χ1n) is 9.85. The number of carbonyl (C=O) groups is 2. The van der Waals surface area contributed by atoms with Gasteiger partial charge in [0.1, 0.15) is 5.60 Å². The van der Waals surface area contributed by atoms with Gasteiger partial charge in [0.05, 0.1) is 12.5 Å². The zero-order valence-corrected chi connectivity index (χ0v) is 16.7. The maximum atomic E-state index is 13.5. The molecule has 5 aliphatic rings. The third-order valence-corrected chi connectivity index (χ3v) is 6.69. The van der Waals surface area contributed by atoms with E-state index < -0.39 is 23.1 Å². The number of allylic oxidation sites excluding steroid dienone is 3. The van der Waals surface area contributed by atoms with Gasteiger partial charge < -0.3 is 9.47 Å². The smallest absolute Gasteiger partial charge is 0.459 e. The molecule has 0 heterocycles. The lowest BCUT2D eigenvalue weighted by Crippen LogP contribution is -2.59. The van der Waals surface area contributed by atoms with E-state index in [-0.39, 0.29) is 18.5 Å². The van der Waals surface area contributed by atoms with Gasteiger partial charge in [-0.25, -0.2) is 4.79 Å². The molecule has 3 atom stereocenters. The van der Waals surface area contributed by atoms with E-state index in [0.717, 1.165) is 32.1 Å². The Bertz CT molecular complexity index is 722. The van der Waals surface area contributed by atoms with Crippen molar-refractivity contribution in [3.8, 4) is 0 Å². The molecule has 0 N–H and O–H groups in total. The molecule has 0 aromatic heterocycles. The summed E-state index contributed by atoms with van der Waals surface area (Å²) in [6.45, 7) is -0.157. The first-order chi connectivity index (χ1) is 13.7. The van der Waals surface area contributed by atoms with Crippen molar-refractivity contribution in [2.24, 2.45) is 23.2 Å². The fraction of sp³-hybridized carbons (Fsp3) is 0.700. The second-order valence-electron chi connectivity index (χ2n) is 8.97. The number of hydrogen-bond acceptors (Lipinski definition) is 7. The predicted octanol–water partition coefficient (Wildman–Crippen LogP) is 3.93. The minimum Gasteiger partial charge on any atom is -0.459 e. The first kappa shape index (κ1) is 20.8. The summed E-state index contributed by atoms with van der Waals surface area (Å²) >= 11 is 3.07. The van der Waals surface area contributed by atoms with Crippen LogP contribution in [0.2, 0.25) is 0 Å². The summed E-state index contributed by atoms with van der Waals surface area (Å²) in [6, 6.07) is 0. The molecule has 5 aliphatic carbocycles. The predicted molar refractivity (Wildman–Crippen MR) is 99.4 cm³/mol. The average Bonchev–Trinajstić information content (AvgIpc) is 2.65. The molecule has 0 radical (unpaired) electrons. The Kier molecular flexibility index (Phi) is 5.50. The van der Waals surface area contributed by atoms with E-state index in [9.17, 15) is 18.4 Å². The summed E-state index contributed by atoms with van der Waals surface area (Å²) in [6.07, 6.45) is 8.57. The van der Waals surface area contributed by atoms with Crippen molar-refractivity contribution in [3.63, 3.8) is 0 Å². The molecule has 0 aromatic carbocycles. The van der Waals surface area contributed by atoms with Crippen LogP contribution >= 0.6 is 12.9 Å². The van der Waals surface area contributed by atoms with Crippen LogP contribution in [-0.4, -0.2) is 30.3 Å². The number of halogens is 2. The molecule has 29 heavy (non-hydrogen) atoms. The Morgan fingerprint density at radius 3 is 2.48 bits per heavy atom. The van der Waals surface area contributed by atoms with Gasteiger partial charge in [-0.3, -0.25) is 4.79 Å². The number of esters is 2. The SMILES string of the molecule is O=C(OC12CC3CC(CC(COC(=O)C(F)(F)OOS)(C3)C1)C2)C1C=CC=CC1. The highest BCUT2D eigenvalue weighted by molar-refractivity contribution is 7.74. The zero-order valence-electron chi connectivity index (χ0n) is 15.9. The highest BCUT2D eigenvalue weighted by Crippen LogP contribution is 2.63. The normalized spacial score (nSPS) is 37.6. The van der Waals surface area contributed by atoms with Crippen molar-refractivity contribution in [2.75, 3.05) is 6.61 Å². The fourth-order valence-corrected chi connectivity index (χ4v) is 6.17. The van der Waals surface area contributed by atoms with Crippen molar-refractivity contribution < 1.29 is 37.1 Å². The Hall–Kier alpha value is -1.45. The second-order valence-corrected chi connectivity index (χ2v) is 9.12. The first-order valence-corrected chi connectivity index (χ1v) is 10.2. The van der Waals surface area contributed by atoms with E-state index in [0.29, 0.717) is 24.7 Å². The molecule has 0 spiro atoms. The second kappa shape index (κ2) is 7.67. The Balaban J connectivity index is 1.44. The van der Waals surface area contributed by atoms with Crippen LogP contribution < -0.4 is 0 Å². The molecule has 4 bridgehead atoms. The largest absolute Gasteiger partial charge is 0.483 e. The van der Waals surface area contributed by atoms with Crippen LogP contribution in [0.1, 0.15) is 44.9 Å². The number of carbonyl (C=O) groups excluding carboxylic acids is 2. The lowest BCUT2D eigenvalue weighted by Gasteiger charge is -2.61. The fourth-order valence-electron chi connectivity index (χ4n) is 6.08. The van der Waals surface area contributed by atoms with Gasteiger partial charge >= 0.3 is 18.0 Å². The number of hydrogen-bond donors (Lipinski definition) is 1. The number of alkyl halides is 2. The molecule has 0 saturated heterocycles. The van der Waals surface area contributed by atoms with Gasteiger partial charge in [-0.2, -0.15) is 13.1 Å². The van der Waals surface area contributed by atoms with Crippen LogP contribution in [0.3, 0.4) is 0 Å². The summed E-state index contributed by atoms with van der Waals surface area (Å²) in [5, 5.41) is 0. The van der Waals surface area contributed by atoms with E-state index in [1.807, 2.05) is 24.3 Å². The standard InChI is InChI=1S/C20H24F2O6S/c21-20(22,27-28-29)17(24)25-12-18-7-13-6-14(8-18)10-19(9-13,11-18)26-16(23)15-4-2-1-3-5-15/h1-4,13-15,29H,5-12H2. The van der Waals surface area contributed by atoms with Gasteiger partial charge in [0.2, 0.25) is 0 Å². The van der Waals surface area contributed by atoms with Crippen molar-refractivity contribution in [2.45, 2.75) is 56.7 Å². The molecule has 3 unspecified atom stereocenters. The minimum atomic E-state index is -4.23. The number of ether oxygens (including phenoxy) is 2. The van der Waals surface area contributed by atoms with E-state index in [2.05, 4.69) is 22.1 Å². The maximum absolute atomic E-state index is 13.5. The quantitative estimate of drug-likeness (QED) is 0.217. The van der Waals surface area contributed by atoms with Crippen molar-refractivity contribution in [1.29, 1.82) is 0 Å².